The molecule has 0 fully saturated rings. The van der Waals surface area contributed by atoms with Crippen LogP contribution in [-0.4, -0.2) is 18.0 Å². The molecule has 0 unspecified atom stereocenters. The molecule has 1 aliphatic heterocycles. The van der Waals surface area contributed by atoms with Crippen LogP contribution in [0, 0.1) is 6.08 Å². The molecule has 1 heteroatoms. The first-order chi connectivity index (χ1) is 5.88. The Labute approximate surface area is 76.5 Å². The summed E-state index contributed by atoms with van der Waals surface area (Å²) in [5.41, 5.74) is 1.45. The summed E-state index contributed by atoms with van der Waals surface area (Å²) in [5, 5.41) is 0. The van der Waals surface area contributed by atoms with Gasteiger partial charge in [-0.15, -0.1) is 0 Å². The highest BCUT2D eigenvalue weighted by molar-refractivity contribution is 4.98. The summed E-state index contributed by atoms with van der Waals surface area (Å²) in [4.78, 5) is 2.51. The average Bonchev–Trinajstić information content (AvgIpc) is 2.15. The maximum Gasteiger partial charge on any atom is 0.0178 e. The van der Waals surface area contributed by atoms with Crippen LogP contribution in [0.2, 0.25) is 0 Å². The van der Waals surface area contributed by atoms with Crippen molar-refractivity contribution in [3.63, 3.8) is 0 Å². The molecular weight excluding hydrogens is 146 g/mol. The van der Waals surface area contributed by atoms with Crippen molar-refractivity contribution in [2.45, 2.75) is 46.0 Å². The normalized spacial score (nSPS) is 17.8. The second-order valence-corrected chi connectivity index (χ2v) is 3.42. The van der Waals surface area contributed by atoms with E-state index >= 15 is 0 Å². The number of rotatable bonds is 4. The number of hydrogen-bond acceptors (Lipinski definition) is 1. The molecule has 0 N–H and O–H groups in total. The predicted octanol–water partition coefficient (Wildman–Crippen LogP) is 2.98. The van der Waals surface area contributed by atoms with E-state index in [9.17, 15) is 0 Å². The highest BCUT2D eigenvalue weighted by Gasteiger charge is 2.10. The van der Waals surface area contributed by atoms with Gasteiger partial charge in [-0.1, -0.05) is 20.3 Å². The number of unbranched alkanes of at least 4 members (excludes halogenated alkanes) is 1. The van der Waals surface area contributed by atoms with Gasteiger partial charge < -0.3 is 4.90 Å². The van der Waals surface area contributed by atoms with Crippen molar-refractivity contribution in [1.29, 1.82) is 0 Å². The zero-order valence-corrected chi connectivity index (χ0v) is 8.40. The van der Waals surface area contributed by atoms with Crippen LogP contribution in [-0.2, 0) is 0 Å². The van der Waals surface area contributed by atoms with Crippen LogP contribution >= 0.6 is 0 Å². The van der Waals surface area contributed by atoms with Crippen LogP contribution in [0.1, 0.15) is 46.0 Å². The third kappa shape index (κ3) is 2.54. The molecule has 0 saturated heterocycles. The summed E-state index contributed by atoms with van der Waals surface area (Å²) < 4.78 is 0. The highest BCUT2D eigenvalue weighted by Crippen LogP contribution is 2.16. The van der Waals surface area contributed by atoms with Gasteiger partial charge in [-0.25, -0.2) is 0 Å². The molecule has 1 radical (unpaired) electrons. The third-order valence-corrected chi connectivity index (χ3v) is 2.43. The summed E-state index contributed by atoms with van der Waals surface area (Å²) in [7, 11) is 0. The van der Waals surface area contributed by atoms with E-state index in [0.717, 1.165) is 6.42 Å². The molecule has 69 valence electrons. The summed E-state index contributed by atoms with van der Waals surface area (Å²) in [6.07, 6.45) is 9.72. The van der Waals surface area contributed by atoms with E-state index in [1.807, 2.05) is 0 Å². The standard InChI is InChI=1S/C11H20N/c1-3-5-9-12-10-7-6-8-11(12)4-2/h3-7,9-10H2,1-2H3. The number of nitrogens with zero attached hydrogens (tertiary/aromatic N) is 1. The lowest BCUT2D eigenvalue weighted by Gasteiger charge is -2.29. The Morgan fingerprint density at radius 1 is 1.42 bits per heavy atom. The smallest absolute Gasteiger partial charge is 0.0178 e. The summed E-state index contributed by atoms with van der Waals surface area (Å²) in [5.74, 6) is 0. The van der Waals surface area contributed by atoms with Crippen molar-refractivity contribution in [2.75, 3.05) is 13.1 Å². The van der Waals surface area contributed by atoms with E-state index in [0.29, 0.717) is 0 Å². The second-order valence-electron chi connectivity index (χ2n) is 3.42. The molecule has 0 saturated carbocycles. The van der Waals surface area contributed by atoms with Crippen LogP contribution in [0.3, 0.4) is 0 Å². The molecule has 0 atom stereocenters. The molecule has 0 spiro atoms. The van der Waals surface area contributed by atoms with Gasteiger partial charge >= 0.3 is 0 Å². The SMILES string of the molecule is CCCCN1CCC[C]=C1CC. The molecule has 0 aromatic rings. The maximum absolute atomic E-state index is 3.47. The van der Waals surface area contributed by atoms with Gasteiger partial charge in [0.1, 0.15) is 0 Å². The van der Waals surface area contributed by atoms with Crippen LogP contribution in [0.4, 0.5) is 0 Å². The minimum atomic E-state index is 1.16. The van der Waals surface area contributed by atoms with Crippen LogP contribution in [0.5, 0.6) is 0 Å². The topological polar surface area (TPSA) is 3.24 Å². The molecular formula is C11H20N. The minimum absolute atomic E-state index is 1.16. The third-order valence-electron chi connectivity index (χ3n) is 2.43. The zero-order valence-electron chi connectivity index (χ0n) is 8.40. The lowest BCUT2D eigenvalue weighted by molar-refractivity contribution is 0.305. The van der Waals surface area contributed by atoms with E-state index in [2.05, 4.69) is 24.8 Å². The average molecular weight is 166 g/mol. The fourth-order valence-electron chi connectivity index (χ4n) is 1.69. The molecule has 0 aliphatic carbocycles. The lowest BCUT2D eigenvalue weighted by Crippen LogP contribution is -2.27. The quantitative estimate of drug-likeness (QED) is 0.620. The van der Waals surface area contributed by atoms with Gasteiger partial charge in [0, 0.05) is 18.8 Å². The van der Waals surface area contributed by atoms with Crippen LogP contribution < -0.4 is 0 Å². The Balaban J connectivity index is 2.38. The van der Waals surface area contributed by atoms with Gasteiger partial charge in [-0.2, -0.15) is 0 Å². The van der Waals surface area contributed by atoms with Gasteiger partial charge in [0.15, 0.2) is 0 Å². The molecule has 1 aliphatic rings. The Kier molecular flexibility index (Phi) is 4.20. The first-order valence-electron chi connectivity index (χ1n) is 5.23. The predicted molar refractivity (Wildman–Crippen MR) is 52.8 cm³/mol. The maximum atomic E-state index is 3.47. The highest BCUT2D eigenvalue weighted by atomic mass is 15.1. The van der Waals surface area contributed by atoms with Crippen molar-refractivity contribution in [3.8, 4) is 0 Å². The van der Waals surface area contributed by atoms with Gasteiger partial charge in [0.25, 0.3) is 0 Å². The largest absolute Gasteiger partial charge is 0.375 e. The van der Waals surface area contributed by atoms with Crippen molar-refractivity contribution in [1.82, 2.24) is 4.90 Å². The molecule has 1 heterocycles. The van der Waals surface area contributed by atoms with Gasteiger partial charge in [-0.05, 0) is 31.8 Å². The van der Waals surface area contributed by atoms with E-state index in [1.165, 1.54) is 44.5 Å². The molecule has 1 rings (SSSR count). The Morgan fingerprint density at radius 3 is 2.92 bits per heavy atom. The van der Waals surface area contributed by atoms with Gasteiger partial charge in [-0.3, -0.25) is 0 Å². The Morgan fingerprint density at radius 2 is 2.25 bits per heavy atom. The van der Waals surface area contributed by atoms with Crippen molar-refractivity contribution in [2.24, 2.45) is 0 Å². The summed E-state index contributed by atoms with van der Waals surface area (Å²) >= 11 is 0. The summed E-state index contributed by atoms with van der Waals surface area (Å²) in [6.45, 7) is 6.98. The zero-order chi connectivity index (χ0) is 8.81. The number of hydrogen-bond donors (Lipinski definition) is 0. The van der Waals surface area contributed by atoms with E-state index in [-0.39, 0.29) is 0 Å². The Bertz CT molecular complexity index is 149. The lowest BCUT2D eigenvalue weighted by atomic mass is 10.1. The summed E-state index contributed by atoms with van der Waals surface area (Å²) in [6, 6.07) is 0. The molecule has 0 amide bonds. The first kappa shape index (κ1) is 9.63. The van der Waals surface area contributed by atoms with Gasteiger partial charge in [0.2, 0.25) is 0 Å². The van der Waals surface area contributed by atoms with E-state index in [1.54, 1.807) is 0 Å². The minimum Gasteiger partial charge on any atom is -0.375 e. The van der Waals surface area contributed by atoms with Crippen LogP contribution in [0.25, 0.3) is 0 Å². The monoisotopic (exact) mass is 166 g/mol. The molecule has 0 aromatic carbocycles. The Hall–Kier alpha value is -0.460. The fourth-order valence-corrected chi connectivity index (χ4v) is 1.69. The van der Waals surface area contributed by atoms with Gasteiger partial charge in [0.05, 0.1) is 0 Å². The molecule has 0 bridgehead atoms. The number of allylic oxidation sites excluding steroid dienone is 2. The molecule has 0 aromatic heterocycles. The van der Waals surface area contributed by atoms with Crippen molar-refractivity contribution >= 4 is 0 Å². The second kappa shape index (κ2) is 5.23. The first-order valence-corrected chi connectivity index (χ1v) is 5.23. The fraction of sp³-hybridized carbons (Fsp3) is 0.818. The van der Waals surface area contributed by atoms with Crippen molar-refractivity contribution in [3.05, 3.63) is 11.8 Å². The van der Waals surface area contributed by atoms with E-state index < -0.39 is 0 Å². The molecule has 1 nitrogen and oxygen atoms in total. The van der Waals surface area contributed by atoms with Crippen LogP contribution in [0.15, 0.2) is 5.70 Å². The van der Waals surface area contributed by atoms with Crippen molar-refractivity contribution < 1.29 is 0 Å². The van der Waals surface area contributed by atoms with E-state index in [4.69, 9.17) is 0 Å². The molecule has 12 heavy (non-hydrogen) atoms.